The molecular weight excluding hydrogens is 643 g/mol. The molecule has 0 aliphatic carbocycles. The van der Waals surface area contributed by atoms with Crippen molar-refractivity contribution in [3.05, 3.63) is 188 Å². The number of benzene rings is 9. The molecular formula is C50H31N3. The fourth-order valence-electron chi connectivity index (χ4n) is 8.93. The highest BCUT2D eigenvalue weighted by atomic mass is 15.4. The predicted molar refractivity (Wildman–Crippen MR) is 223 cm³/mol. The van der Waals surface area contributed by atoms with Crippen molar-refractivity contribution in [2.45, 2.75) is 0 Å². The lowest BCUT2D eigenvalue weighted by Gasteiger charge is -2.27. The maximum Gasteiger partial charge on any atom is 0.0957 e. The van der Waals surface area contributed by atoms with Crippen molar-refractivity contribution < 1.29 is 0 Å². The largest absolute Gasteiger partial charge is 0.306 e. The second kappa shape index (κ2) is 10.7. The van der Waals surface area contributed by atoms with Gasteiger partial charge in [0.2, 0.25) is 0 Å². The summed E-state index contributed by atoms with van der Waals surface area (Å²) >= 11 is 0. The molecule has 0 bridgehead atoms. The molecule has 2 aliphatic heterocycles. The Morgan fingerprint density at radius 3 is 1.58 bits per heavy atom. The van der Waals surface area contributed by atoms with Crippen LogP contribution in [0.3, 0.4) is 0 Å². The van der Waals surface area contributed by atoms with Gasteiger partial charge in [-0.3, -0.25) is 0 Å². The monoisotopic (exact) mass is 673 g/mol. The SMILES string of the molecule is c1ccc(-c2ccc3c(c2)c2cc(-c4ccccc4)cc4c5cccc6c5-n(c5cc7cc8ccccc8cc7cc5n6-c5ccccc5)n3c42)cc1. The molecule has 0 radical (unpaired) electrons. The van der Waals surface area contributed by atoms with Gasteiger partial charge < -0.3 is 4.57 Å². The molecule has 0 amide bonds. The molecule has 1 aromatic heterocycles. The van der Waals surface area contributed by atoms with Crippen LogP contribution in [-0.2, 0) is 0 Å². The number of para-hydroxylation sites is 2. The molecule has 3 nitrogen and oxygen atoms in total. The number of nitrogens with zero attached hydrogens (tertiary/aromatic N) is 3. The van der Waals surface area contributed by atoms with Crippen LogP contribution in [0.1, 0.15) is 0 Å². The van der Waals surface area contributed by atoms with Crippen molar-refractivity contribution in [1.82, 2.24) is 13.8 Å². The van der Waals surface area contributed by atoms with Gasteiger partial charge >= 0.3 is 0 Å². The molecule has 0 fully saturated rings. The number of fused-ring (bicyclic) bond motifs is 9. The van der Waals surface area contributed by atoms with Crippen LogP contribution in [0.2, 0.25) is 0 Å². The van der Waals surface area contributed by atoms with Gasteiger partial charge in [0.1, 0.15) is 0 Å². The molecule has 0 spiro atoms. The Bertz CT molecular complexity index is 3360. The van der Waals surface area contributed by atoms with E-state index in [0.29, 0.717) is 0 Å². The minimum Gasteiger partial charge on any atom is -0.306 e. The standard InChI is InChI=1S/C50H31N3/c1-4-13-32(14-5-1)36-23-24-45-42(27-36)44-29-39(33-15-6-2-7-16-33)28-43-41-21-12-22-46-50(41)53(52(45)49(43)44)48-31-38-26-35-18-11-10-17-34(35)25-37(38)30-47(48)51(46)40-19-8-3-9-20-40/h1-31H. The van der Waals surface area contributed by atoms with E-state index < -0.39 is 0 Å². The van der Waals surface area contributed by atoms with Crippen molar-refractivity contribution in [2.24, 2.45) is 0 Å². The van der Waals surface area contributed by atoms with Crippen LogP contribution in [0.15, 0.2) is 188 Å². The molecule has 12 rings (SSSR count). The van der Waals surface area contributed by atoms with Crippen LogP contribution in [0.5, 0.6) is 0 Å². The van der Waals surface area contributed by atoms with Crippen LogP contribution in [0.25, 0.3) is 104 Å². The summed E-state index contributed by atoms with van der Waals surface area (Å²) < 4.78 is 7.47. The van der Waals surface area contributed by atoms with Crippen LogP contribution < -0.4 is 0 Å². The van der Waals surface area contributed by atoms with E-state index in [0.717, 1.165) is 22.2 Å². The molecule has 0 atom stereocenters. The Hall–Kier alpha value is -7.10. The highest BCUT2D eigenvalue weighted by Gasteiger charge is 2.26. The van der Waals surface area contributed by atoms with E-state index in [9.17, 15) is 0 Å². The topological polar surface area (TPSA) is 14.3 Å². The number of hydrogen-bond acceptors (Lipinski definition) is 0. The Morgan fingerprint density at radius 2 is 0.887 bits per heavy atom. The van der Waals surface area contributed by atoms with Crippen molar-refractivity contribution in [3.63, 3.8) is 0 Å². The zero-order valence-electron chi connectivity index (χ0n) is 28.7. The van der Waals surface area contributed by atoms with Crippen molar-refractivity contribution in [1.29, 1.82) is 0 Å². The normalized spacial score (nSPS) is 12.2. The smallest absolute Gasteiger partial charge is 0.0957 e. The summed E-state index contributed by atoms with van der Waals surface area (Å²) in [4.78, 5) is 0. The summed E-state index contributed by atoms with van der Waals surface area (Å²) in [6.45, 7) is 0. The second-order valence-corrected chi connectivity index (χ2v) is 14.2. The number of hydrogen-bond donors (Lipinski definition) is 0. The van der Waals surface area contributed by atoms with Gasteiger partial charge in [0.25, 0.3) is 0 Å². The zero-order valence-corrected chi connectivity index (χ0v) is 28.7. The third kappa shape index (κ3) is 4.05. The Labute approximate surface area is 305 Å². The lowest BCUT2D eigenvalue weighted by atomic mass is 9.96. The average Bonchev–Trinajstić information content (AvgIpc) is 3.55. The Balaban J connectivity index is 1.34. The molecule has 10 aromatic rings. The third-order valence-corrected chi connectivity index (χ3v) is 11.3. The Kier molecular flexibility index (Phi) is 5.77. The average molecular weight is 674 g/mol. The Morgan fingerprint density at radius 1 is 0.302 bits per heavy atom. The number of aromatic nitrogens is 3. The van der Waals surface area contributed by atoms with E-state index in [-0.39, 0.29) is 0 Å². The first-order valence-electron chi connectivity index (χ1n) is 18.3. The van der Waals surface area contributed by atoms with Crippen LogP contribution in [0, 0.1) is 0 Å². The molecule has 0 N–H and O–H groups in total. The maximum absolute atomic E-state index is 2.51. The van der Waals surface area contributed by atoms with Crippen molar-refractivity contribution in [3.8, 4) is 33.6 Å². The molecule has 0 unspecified atom stereocenters. The summed E-state index contributed by atoms with van der Waals surface area (Å²) in [6.07, 6.45) is 0. The molecule has 0 saturated heterocycles. The van der Waals surface area contributed by atoms with Crippen molar-refractivity contribution >= 4 is 70.7 Å². The number of rotatable bonds is 3. The van der Waals surface area contributed by atoms with Gasteiger partial charge in [-0.2, -0.15) is 0 Å². The van der Waals surface area contributed by atoms with E-state index in [4.69, 9.17) is 0 Å². The van der Waals surface area contributed by atoms with E-state index in [1.54, 1.807) is 0 Å². The molecule has 0 saturated carbocycles. The lowest BCUT2D eigenvalue weighted by Crippen LogP contribution is -2.16. The molecule has 3 heterocycles. The molecule has 2 aliphatic rings. The quantitative estimate of drug-likeness (QED) is 0.131. The fourth-order valence-corrected chi connectivity index (χ4v) is 8.93. The van der Waals surface area contributed by atoms with Crippen LogP contribution in [0.4, 0.5) is 0 Å². The summed E-state index contributed by atoms with van der Waals surface area (Å²) in [6, 6.07) is 69.2. The van der Waals surface area contributed by atoms with Gasteiger partial charge in [-0.15, -0.1) is 0 Å². The first-order chi connectivity index (χ1) is 26.3. The van der Waals surface area contributed by atoms with Gasteiger partial charge in [0.05, 0.1) is 33.3 Å². The van der Waals surface area contributed by atoms with Gasteiger partial charge in [0.15, 0.2) is 0 Å². The highest BCUT2D eigenvalue weighted by Crippen LogP contribution is 2.45. The molecule has 3 heteroatoms. The van der Waals surface area contributed by atoms with Crippen LogP contribution in [-0.4, -0.2) is 13.8 Å². The van der Waals surface area contributed by atoms with E-state index in [1.165, 1.54) is 82.1 Å². The summed E-state index contributed by atoms with van der Waals surface area (Å²) in [5, 5.41) is 9.92. The zero-order chi connectivity index (χ0) is 34.6. The lowest BCUT2D eigenvalue weighted by molar-refractivity contribution is 0.838. The second-order valence-electron chi connectivity index (χ2n) is 14.2. The highest BCUT2D eigenvalue weighted by molar-refractivity contribution is 6.22. The van der Waals surface area contributed by atoms with E-state index >= 15 is 0 Å². The maximum atomic E-state index is 2.51. The minimum atomic E-state index is 1.14. The van der Waals surface area contributed by atoms with Crippen molar-refractivity contribution in [2.75, 3.05) is 0 Å². The summed E-state index contributed by atoms with van der Waals surface area (Å²) in [7, 11) is 0. The van der Waals surface area contributed by atoms with Gasteiger partial charge in [-0.25, -0.2) is 9.20 Å². The first-order valence-corrected chi connectivity index (χ1v) is 18.3. The minimum absolute atomic E-state index is 1.14. The van der Waals surface area contributed by atoms with E-state index in [2.05, 4.69) is 202 Å². The van der Waals surface area contributed by atoms with Crippen LogP contribution >= 0.6 is 0 Å². The van der Waals surface area contributed by atoms with Gasteiger partial charge in [-0.1, -0.05) is 121 Å². The molecule has 53 heavy (non-hydrogen) atoms. The van der Waals surface area contributed by atoms with Gasteiger partial charge in [-0.05, 0) is 111 Å². The predicted octanol–water partition coefficient (Wildman–Crippen LogP) is 13.2. The summed E-state index contributed by atoms with van der Waals surface area (Å²) in [5.41, 5.74) is 13.1. The first kappa shape index (κ1) is 28.6. The molecule has 246 valence electrons. The third-order valence-electron chi connectivity index (χ3n) is 11.3. The van der Waals surface area contributed by atoms with Gasteiger partial charge in [0, 0.05) is 27.2 Å². The molecule has 9 aromatic carbocycles. The van der Waals surface area contributed by atoms with E-state index in [1.807, 2.05) is 0 Å². The fraction of sp³-hybridized carbons (Fsp3) is 0. The summed E-state index contributed by atoms with van der Waals surface area (Å²) in [5.74, 6) is 0.